The van der Waals surface area contributed by atoms with Crippen molar-refractivity contribution in [2.75, 3.05) is 0 Å². The minimum absolute atomic E-state index is 0.208. The monoisotopic (exact) mass is 400 g/mol. The lowest BCUT2D eigenvalue weighted by Gasteiger charge is -2.08. The number of aromatic nitrogens is 2. The van der Waals surface area contributed by atoms with Gasteiger partial charge >= 0.3 is 5.51 Å². The fourth-order valence-corrected chi connectivity index (χ4v) is 4.15. The maximum absolute atomic E-state index is 12.8. The molecule has 4 nitrogen and oxygen atoms in total. The van der Waals surface area contributed by atoms with Crippen molar-refractivity contribution in [3.8, 4) is 0 Å². The zero-order valence-electron chi connectivity index (χ0n) is 13.9. The van der Waals surface area contributed by atoms with Crippen LogP contribution in [0.3, 0.4) is 0 Å². The molecule has 2 aromatic heterocycles. The minimum Gasteiger partial charge on any atom is -0.325 e. The van der Waals surface area contributed by atoms with E-state index in [-0.39, 0.29) is 5.52 Å². The molecule has 0 saturated carbocycles. The van der Waals surface area contributed by atoms with Gasteiger partial charge in [0.25, 0.3) is 9.84 Å². The van der Waals surface area contributed by atoms with Crippen LogP contribution in [0.15, 0.2) is 35.2 Å². The summed E-state index contributed by atoms with van der Waals surface area (Å²) in [4.78, 5) is 5.70. The fraction of sp³-hybridized carbons (Fsp3) is 0.235. The third-order valence-corrected chi connectivity index (χ3v) is 6.29. The molecule has 0 unspecified atom stereocenters. The topological polar surface area (TPSA) is 52.0 Å². The van der Waals surface area contributed by atoms with Gasteiger partial charge in [0.2, 0.25) is 0 Å². The van der Waals surface area contributed by atoms with Crippen LogP contribution in [-0.4, -0.2) is 23.5 Å². The molecule has 0 radical (unpaired) electrons. The van der Waals surface area contributed by atoms with Crippen LogP contribution in [0, 0.1) is 6.92 Å². The van der Waals surface area contributed by atoms with Crippen LogP contribution in [0.4, 0.5) is 13.2 Å². The van der Waals surface area contributed by atoms with Gasteiger partial charge in [-0.2, -0.15) is 13.2 Å². The summed E-state index contributed by atoms with van der Waals surface area (Å²) in [6.45, 7) is 4.42. The van der Waals surface area contributed by atoms with E-state index in [0.29, 0.717) is 17.9 Å². The normalized spacial score (nSPS) is 13.1. The molecule has 9 heteroatoms. The molecule has 26 heavy (non-hydrogen) atoms. The number of imidazole rings is 1. The highest BCUT2D eigenvalue weighted by Gasteiger charge is 2.47. The van der Waals surface area contributed by atoms with Crippen molar-refractivity contribution in [1.82, 2.24) is 9.55 Å². The van der Waals surface area contributed by atoms with Crippen LogP contribution in [-0.2, 0) is 16.4 Å². The molecule has 0 aliphatic heterocycles. The van der Waals surface area contributed by atoms with E-state index >= 15 is 0 Å². The molecule has 0 saturated heterocycles. The third-order valence-electron chi connectivity index (χ3n) is 3.84. The summed E-state index contributed by atoms with van der Waals surface area (Å²) < 4.78 is 63.3. The van der Waals surface area contributed by atoms with E-state index in [1.54, 1.807) is 17.4 Å². The number of hydrogen-bond donors (Lipinski definition) is 0. The average Bonchev–Trinajstić information content (AvgIpc) is 3.13. The molecule has 0 fully saturated rings. The number of hydrogen-bond acceptors (Lipinski definition) is 4. The maximum atomic E-state index is 12.8. The maximum Gasteiger partial charge on any atom is 0.501 e. The molecular weight excluding hydrogens is 385 g/mol. The van der Waals surface area contributed by atoms with Crippen molar-refractivity contribution in [2.24, 2.45) is 0 Å². The Morgan fingerprint density at radius 2 is 1.92 bits per heavy atom. The van der Waals surface area contributed by atoms with E-state index in [4.69, 9.17) is 0 Å². The van der Waals surface area contributed by atoms with E-state index in [1.165, 1.54) is 6.07 Å². The van der Waals surface area contributed by atoms with Gasteiger partial charge in [-0.1, -0.05) is 0 Å². The average molecular weight is 400 g/mol. The first kappa shape index (κ1) is 18.7. The van der Waals surface area contributed by atoms with Gasteiger partial charge in [0.1, 0.15) is 5.82 Å². The number of thiophene rings is 1. The number of halogens is 3. The van der Waals surface area contributed by atoms with Gasteiger partial charge in [-0.15, -0.1) is 11.3 Å². The highest BCUT2D eigenvalue weighted by molar-refractivity contribution is 7.92. The summed E-state index contributed by atoms with van der Waals surface area (Å²) in [6, 6.07) is 7.24. The van der Waals surface area contributed by atoms with Gasteiger partial charge in [0.15, 0.2) is 0 Å². The Morgan fingerprint density at radius 3 is 2.50 bits per heavy atom. The Bertz CT molecular complexity index is 1090. The quantitative estimate of drug-likeness (QED) is 0.627. The zero-order chi connectivity index (χ0) is 19.1. The SMILES string of the molecule is CCn1c(/C=C/c2ccc(C)s2)nc2cc(S(=O)(=O)C(F)(F)F)ccc21. The molecule has 0 aliphatic carbocycles. The van der Waals surface area contributed by atoms with Gasteiger partial charge < -0.3 is 4.57 Å². The molecular formula is C17H15F3N2O2S2. The molecule has 3 aromatic rings. The van der Waals surface area contributed by atoms with Crippen LogP contribution in [0.25, 0.3) is 23.2 Å². The Morgan fingerprint density at radius 1 is 1.19 bits per heavy atom. The summed E-state index contributed by atoms with van der Waals surface area (Å²) in [5.74, 6) is 0.551. The van der Waals surface area contributed by atoms with Gasteiger partial charge in [-0.05, 0) is 56.3 Å². The fourth-order valence-electron chi connectivity index (χ4n) is 2.59. The lowest BCUT2D eigenvalue weighted by molar-refractivity contribution is -0.0435. The summed E-state index contributed by atoms with van der Waals surface area (Å²) in [5.41, 5.74) is -4.55. The summed E-state index contributed by atoms with van der Waals surface area (Å²) in [5, 5.41) is 0. The summed E-state index contributed by atoms with van der Waals surface area (Å²) >= 11 is 1.61. The second kappa shape index (κ2) is 6.55. The number of sulfone groups is 1. The Hall–Kier alpha value is -2.13. The number of nitrogens with zero attached hydrogens (tertiary/aromatic N) is 2. The molecule has 0 atom stereocenters. The van der Waals surface area contributed by atoms with Crippen molar-refractivity contribution in [1.29, 1.82) is 0 Å². The van der Waals surface area contributed by atoms with Crippen molar-refractivity contribution < 1.29 is 21.6 Å². The molecule has 0 spiro atoms. The van der Waals surface area contributed by atoms with E-state index in [1.807, 2.05) is 36.6 Å². The van der Waals surface area contributed by atoms with Crippen LogP contribution in [0.2, 0.25) is 0 Å². The lowest BCUT2D eigenvalue weighted by Crippen LogP contribution is -2.23. The first-order chi connectivity index (χ1) is 12.1. The number of benzene rings is 1. The van der Waals surface area contributed by atoms with Crippen molar-refractivity contribution in [3.63, 3.8) is 0 Å². The van der Waals surface area contributed by atoms with Crippen molar-refractivity contribution >= 4 is 44.4 Å². The second-order valence-corrected chi connectivity index (χ2v) is 8.86. The van der Waals surface area contributed by atoms with E-state index < -0.39 is 20.2 Å². The molecule has 0 aliphatic rings. The van der Waals surface area contributed by atoms with E-state index in [0.717, 1.165) is 21.9 Å². The number of rotatable bonds is 4. The first-order valence-corrected chi connectivity index (χ1v) is 9.99. The molecule has 2 heterocycles. The van der Waals surface area contributed by atoms with Crippen LogP contribution in [0.1, 0.15) is 22.5 Å². The van der Waals surface area contributed by atoms with Gasteiger partial charge in [-0.25, -0.2) is 13.4 Å². The predicted octanol–water partition coefficient (Wildman–Crippen LogP) is 4.89. The first-order valence-electron chi connectivity index (χ1n) is 7.69. The standard InChI is InChI=1S/C17H15F3N2O2S2/c1-3-22-15-8-7-13(26(23,24)17(18,19)20)10-14(15)21-16(22)9-6-12-5-4-11(2)25-12/h4-10H,3H2,1-2H3/b9-6+. The van der Waals surface area contributed by atoms with Crippen LogP contribution in [0.5, 0.6) is 0 Å². The number of fused-ring (bicyclic) bond motifs is 1. The largest absolute Gasteiger partial charge is 0.501 e. The predicted molar refractivity (Wildman–Crippen MR) is 96.6 cm³/mol. The second-order valence-electron chi connectivity index (χ2n) is 5.60. The Kier molecular flexibility index (Phi) is 4.70. The van der Waals surface area contributed by atoms with Crippen molar-refractivity contribution in [2.45, 2.75) is 30.8 Å². The summed E-state index contributed by atoms with van der Waals surface area (Å²) in [6.07, 6.45) is 3.64. The smallest absolute Gasteiger partial charge is 0.325 e. The summed E-state index contributed by atoms with van der Waals surface area (Å²) in [7, 11) is -5.40. The Labute approximate surface area is 152 Å². The molecule has 1 aromatic carbocycles. The third kappa shape index (κ3) is 3.28. The number of aryl methyl sites for hydroxylation is 2. The highest BCUT2D eigenvalue weighted by atomic mass is 32.2. The lowest BCUT2D eigenvalue weighted by atomic mass is 10.3. The van der Waals surface area contributed by atoms with Gasteiger partial charge in [-0.3, -0.25) is 0 Å². The van der Waals surface area contributed by atoms with Crippen LogP contribution < -0.4 is 0 Å². The van der Waals surface area contributed by atoms with E-state index in [2.05, 4.69) is 4.98 Å². The van der Waals surface area contributed by atoms with Crippen LogP contribution >= 0.6 is 11.3 Å². The van der Waals surface area contributed by atoms with Crippen molar-refractivity contribution in [3.05, 3.63) is 45.9 Å². The molecule has 0 N–H and O–H groups in total. The molecule has 0 amide bonds. The Balaban J connectivity index is 2.08. The van der Waals surface area contributed by atoms with Gasteiger partial charge in [0.05, 0.1) is 15.9 Å². The molecule has 138 valence electrons. The zero-order valence-corrected chi connectivity index (χ0v) is 15.5. The molecule has 0 bridgehead atoms. The minimum atomic E-state index is -5.40. The highest BCUT2D eigenvalue weighted by Crippen LogP contribution is 2.32. The number of alkyl halides is 3. The van der Waals surface area contributed by atoms with Gasteiger partial charge in [0, 0.05) is 16.3 Å². The van der Waals surface area contributed by atoms with E-state index in [9.17, 15) is 21.6 Å². The molecule has 3 rings (SSSR count).